The van der Waals surface area contributed by atoms with Crippen molar-refractivity contribution in [1.82, 2.24) is 9.55 Å². The summed E-state index contributed by atoms with van der Waals surface area (Å²) in [5, 5.41) is 0. The first-order valence-corrected chi connectivity index (χ1v) is 3.79. The second-order valence-corrected chi connectivity index (χ2v) is 2.53. The molecule has 0 N–H and O–H groups in total. The molecule has 0 aliphatic carbocycles. The lowest BCUT2D eigenvalue weighted by molar-refractivity contribution is 0.0903. The van der Waals surface area contributed by atoms with Gasteiger partial charge in [0.15, 0.2) is 0 Å². The third kappa shape index (κ3) is 1.60. The predicted molar refractivity (Wildman–Crippen MR) is 43.2 cm³/mol. The molecule has 0 fully saturated rings. The van der Waals surface area contributed by atoms with Crippen LogP contribution in [0.1, 0.15) is 25.3 Å². The van der Waals surface area contributed by atoms with Gasteiger partial charge in [-0.2, -0.15) is 0 Å². The van der Waals surface area contributed by atoms with E-state index in [0.29, 0.717) is 0 Å². The highest BCUT2D eigenvalue weighted by Gasteiger charge is 2.11. The molecule has 1 heterocycles. The molecule has 1 aromatic rings. The van der Waals surface area contributed by atoms with E-state index >= 15 is 0 Å². The van der Waals surface area contributed by atoms with Gasteiger partial charge in [0.1, 0.15) is 11.9 Å². The topological polar surface area (TPSA) is 27.1 Å². The molecule has 3 nitrogen and oxygen atoms in total. The van der Waals surface area contributed by atoms with Crippen molar-refractivity contribution < 1.29 is 4.74 Å². The van der Waals surface area contributed by atoms with E-state index in [1.54, 1.807) is 13.3 Å². The Balaban J connectivity index is 2.81. The third-order valence-corrected chi connectivity index (χ3v) is 1.80. The number of rotatable bonds is 3. The van der Waals surface area contributed by atoms with E-state index in [4.69, 9.17) is 4.74 Å². The Labute approximate surface area is 67.0 Å². The van der Waals surface area contributed by atoms with E-state index in [0.717, 1.165) is 12.2 Å². The Hall–Kier alpha value is -0.830. The van der Waals surface area contributed by atoms with E-state index in [-0.39, 0.29) is 6.10 Å². The SMILES string of the molecule is CCC(OC)c1nccn1C. The highest BCUT2D eigenvalue weighted by atomic mass is 16.5. The lowest BCUT2D eigenvalue weighted by Crippen LogP contribution is -2.06. The van der Waals surface area contributed by atoms with E-state index in [9.17, 15) is 0 Å². The molecule has 0 aromatic carbocycles. The summed E-state index contributed by atoms with van der Waals surface area (Å²) in [5.41, 5.74) is 0. The molecule has 3 heteroatoms. The van der Waals surface area contributed by atoms with Crippen molar-refractivity contribution in [2.24, 2.45) is 7.05 Å². The van der Waals surface area contributed by atoms with Gasteiger partial charge in [-0.3, -0.25) is 0 Å². The van der Waals surface area contributed by atoms with Crippen LogP contribution >= 0.6 is 0 Å². The van der Waals surface area contributed by atoms with Gasteiger partial charge in [-0.25, -0.2) is 4.98 Å². The monoisotopic (exact) mass is 154 g/mol. The van der Waals surface area contributed by atoms with Crippen LogP contribution in [0.5, 0.6) is 0 Å². The normalized spacial score (nSPS) is 13.4. The number of hydrogen-bond donors (Lipinski definition) is 0. The molecule has 0 aliphatic heterocycles. The summed E-state index contributed by atoms with van der Waals surface area (Å²) in [5.74, 6) is 0.995. The number of aryl methyl sites for hydroxylation is 1. The van der Waals surface area contributed by atoms with Crippen molar-refractivity contribution in [3.8, 4) is 0 Å². The Morgan fingerprint density at radius 3 is 2.82 bits per heavy atom. The molecule has 1 unspecified atom stereocenters. The minimum absolute atomic E-state index is 0.134. The predicted octanol–water partition coefficient (Wildman–Crippen LogP) is 1.52. The summed E-state index contributed by atoms with van der Waals surface area (Å²) in [7, 11) is 3.69. The van der Waals surface area contributed by atoms with Crippen LogP contribution in [-0.4, -0.2) is 16.7 Å². The minimum atomic E-state index is 0.134. The van der Waals surface area contributed by atoms with Gasteiger partial charge in [0.25, 0.3) is 0 Å². The van der Waals surface area contributed by atoms with Gasteiger partial charge in [0.2, 0.25) is 0 Å². The van der Waals surface area contributed by atoms with Crippen molar-refractivity contribution in [2.75, 3.05) is 7.11 Å². The highest BCUT2D eigenvalue weighted by Crippen LogP contribution is 2.16. The molecule has 1 aromatic heterocycles. The van der Waals surface area contributed by atoms with Crippen LogP contribution in [0.3, 0.4) is 0 Å². The van der Waals surface area contributed by atoms with Gasteiger partial charge >= 0.3 is 0 Å². The molecule has 0 aliphatic rings. The Morgan fingerprint density at radius 2 is 2.45 bits per heavy atom. The standard InChI is InChI=1S/C8H14N2O/c1-4-7(11-3)8-9-5-6-10(8)2/h5-7H,4H2,1-3H3. The van der Waals surface area contributed by atoms with Gasteiger partial charge in [0, 0.05) is 26.6 Å². The van der Waals surface area contributed by atoms with Gasteiger partial charge in [-0.15, -0.1) is 0 Å². The molecule has 1 rings (SSSR count). The van der Waals surface area contributed by atoms with Crippen molar-refractivity contribution in [3.05, 3.63) is 18.2 Å². The summed E-state index contributed by atoms with van der Waals surface area (Å²) in [4.78, 5) is 4.20. The fourth-order valence-electron chi connectivity index (χ4n) is 1.14. The zero-order valence-corrected chi connectivity index (χ0v) is 7.24. The van der Waals surface area contributed by atoms with Gasteiger partial charge < -0.3 is 9.30 Å². The van der Waals surface area contributed by atoms with Crippen molar-refractivity contribution >= 4 is 0 Å². The first-order valence-electron chi connectivity index (χ1n) is 3.79. The average molecular weight is 154 g/mol. The first kappa shape index (κ1) is 8.27. The van der Waals surface area contributed by atoms with Crippen LogP contribution in [0, 0.1) is 0 Å². The Kier molecular flexibility index (Phi) is 2.65. The van der Waals surface area contributed by atoms with Crippen LogP contribution in [0.25, 0.3) is 0 Å². The van der Waals surface area contributed by atoms with Crippen LogP contribution < -0.4 is 0 Å². The fourth-order valence-corrected chi connectivity index (χ4v) is 1.14. The minimum Gasteiger partial charge on any atom is -0.374 e. The molecule has 0 radical (unpaired) electrons. The quantitative estimate of drug-likeness (QED) is 0.660. The summed E-state index contributed by atoms with van der Waals surface area (Å²) < 4.78 is 7.23. The lowest BCUT2D eigenvalue weighted by atomic mass is 10.2. The summed E-state index contributed by atoms with van der Waals surface area (Å²) in [6.07, 6.45) is 4.81. The molecule has 0 saturated carbocycles. The van der Waals surface area contributed by atoms with E-state index in [1.165, 1.54) is 0 Å². The van der Waals surface area contributed by atoms with Crippen LogP contribution in [0.2, 0.25) is 0 Å². The van der Waals surface area contributed by atoms with Crippen molar-refractivity contribution in [2.45, 2.75) is 19.4 Å². The number of imidazole rings is 1. The third-order valence-electron chi connectivity index (χ3n) is 1.80. The van der Waals surface area contributed by atoms with E-state index in [2.05, 4.69) is 11.9 Å². The summed E-state index contributed by atoms with van der Waals surface area (Å²) in [6.45, 7) is 2.09. The maximum absolute atomic E-state index is 5.24. The van der Waals surface area contributed by atoms with Gasteiger partial charge in [0.05, 0.1) is 0 Å². The maximum Gasteiger partial charge on any atom is 0.137 e. The first-order chi connectivity index (χ1) is 5.29. The molecule has 0 spiro atoms. The molecule has 1 atom stereocenters. The largest absolute Gasteiger partial charge is 0.374 e. The zero-order chi connectivity index (χ0) is 8.27. The molecule has 62 valence electrons. The molecule has 11 heavy (non-hydrogen) atoms. The van der Waals surface area contributed by atoms with E-state index < -0.39 is 0 Å². The highest BCUT2D eigenvalue weighted by molar-refractivity contribution is 4.95. The second-order valence-electron chi connectivity index (χ2n) is 2.53. The Morgan fingerprint density at radius 1 is 1.73 bits per heavy atom. The molecular formula is C8H14N2O. The summed E-state index contributed by atoms with van der Waals surface area (Å²) >= 11 is 0. The number of nitrogens with zero attached hydrogens (tertiary/aromatic N) is 2. The smallest absolute Gasteiger partial charge is 0.137 e. The molecule has 0 saturated heterocycles. The van der Waals surface area contributed by atoms with Gasteiger partial charge in [-0.05, 0) is 6.42 Å². The number of methoxy groups -OCH3 is 1. The molecule has 0 amide bonds. The number of hydrogen-bond acceptors (Lipinski definition) is 2. The summed E-state index contributed by atoms with van der Waals surface area (Å²) in [6, 6.07) is 0. The number of aromatic nitrogens is 2. The maximum atomic E-state index is 5.24. The van der Waals surface area contributed by atoms with E-state index in [1.807, 2.05) is 17.8 Å². The fraction of sp³-hybridized carbons (Fsp3) is 0.625. The van der Waals surface area contributed by atoms with Gasteiger partial charge in [-0.1, -0.05) is 6.92 Å². The van der Waals surface area contributed by atoms with Crippen molar-refractivity contribution in [1.29, 1.82) is 0 Å². The lowest BCUT2D eigenvalue weighted by Gasteiger charge is -2.11. The molecule has 0 bridgehead atoms. The zero-order valence-electron chi connectivity index (χ0n) is 7.24. The van der Waals surface area contributed by atoms with Crippen LogP contribution in [-0.2, 0) is 11.8 Å². The van der Waals surface area contributed by atoms with Crippen molar-refractivity contribution in [3.63, 3.8) is 0 Å². The second kappa shape index (κ2) is 3.53. The average Bonchev–Trinajstić information content (AvgIpc) is 2.40. The Bertz CT molecular complexity index is 216. The molecular weight excluding hydrogens is 140 g/mol. The van der Waals surface area contributed by atoms with Crippen LogP contribution in [0.4, 0.5) is 0 Å². The van der Waals surface area contributed by atoms with Crippen LogP contribution in [0.15, 0.2) is 12.4 Å². The number of ether oxygens (including phenoxy) is 1.